The van der Waals surface area contributed by atoms with Crippen LogP contribution in [0.25, 0.3) is 0 Å². The molecule has 0 heterocycles. The molecule has 0 aliphatic carbocycles. The predicted molar refractivity (Wildman–Crippen MR) is 123 cm³/mol. The van der Waals surface area contributed by atoms with E-state index in [0.717, 1.165) is 11.1 Å². The zero-order valence-corrected chi connectivity index (χ0v) is 18.0. The first-order chi connectivity index (χ1) is 16.0. The molecule has 33 heavy (non-hydrogen) atoms. The number of carbonyl (C=O) groups excluding carboxylic acids is 2. The van der Waals surface area contributed by atoms with Crippen LogP contribution in [0.5, 0.6) is 0 Å². The Kier molecular flexibility index (Phi) is 7.96. The third-order valence-electron chi connectivity index (χ3n) is 4.61. The Hall–Kier alpha value is -4.40. The van der Waals surface area contributed by atoms with Gasteiger partial charge in [0.1, 0.15) is 12.3 Å². The summed E-state index contributed by atoms with van der Waals surface area (Å²) in [5, 5.41) is 14.0. The lowest BCUT2D eigenvalue weighted by molar-refractivity contribution is -0.383. The zero-order chi connectivity index (χ0) is 23.6. The van der Waals surface area contributed by atoms with Gasteiger partial charge < -0.3 is 9.47 Å². The van der Waals surface area contributed by atoms with Crippen molar-refractivity contribution in [3.8, 4) is 0 Å². The quantitative estimate of drug-likeness (QED) is 0.359. The molecule has 0 radical (unpaired) electrons. The number of amides is 2. The van der Waals surface area contributed by atoms with Crippen molar-refractivity contribution in [2.75, 3.05) is 16.8 Å². The molecular formula is C24H23N3O6. The topological polar surface area (TPSA) is 111 Å². The minimum Gasteiger partial charge on any atom is -0.450 e. The first-order valence-electron chi connectivity index (χ1n) is 10.2. The van der Waals surface area contributed by atoms with Crippen molar-refractivity contribution >= 4 is 29.2 Å². The Morgan fingerprint density at radius 1 is 0.939 bits per heavy atom. The molecule has 0 aliphatic rings. The molecular weight excluding hydrogens is 426 g/mol. The molecule has 9 nitrogen and oxygen atoms in total. The summed E-state index contributed by atoms with van der Waals surface area (Å²) in [7, 11) is 0. The molecule has 3 aromatic carbocycles. The fraction of sp³-hybridized carbons (Fsp3) is 0.167. The lowest BCUT2D eigenvalue weighted by Crippen LogP contribution is -2.31. The molecule has 0 saturated heterocycles. The largest absolute Gasteiger partial charge is 0.450 e. The van der Waals surface area contributed by atoms with Crippen LogP contribution in [0.2, 0.25) is 0 Å². The first-order valence-corrected chi connectivity index (χ1v) is 10.2. The molecule has 0 atom stereocenters. The summed E-state index contributed by atoms with van der Waals surface area (Å²) in [5.74, 6) is 0. The van der Waals surface area contributed by atoms with E-state index >= 15 is 0 Å². The second-order valence-corrected chi connectivity index (χ2v) is 6.92. The number of hydrogen-bond acceptors (Lipinski definition) is 6. The lowest BCUT2D eigenvalue weighted by Gasteiger charge is -2.23. The highest BCUT2D eigenvalue weighted by Gasteiger charge is 2.23. The molecule has 0 saturated carbocycles. The van der Waals surface area contributed by atoms with Crippen LogP contribution >= 0.6 is 0 Å². The molecule has 1 N–H and O–H groups in total. The Bertz CT molecular complexity index is 1110. The normalized spacial score (nSPS) is 10.2. The number of nitro groups is 1. The fourth-order valence-electron chi connectivity index (χ4n) is 3.05. The van der Waals surface area contributed by atoms with Crippen molar-refractivity contribution in [2.24, 2.45) is 0 Å². The highest BCUT2D eigenvalue weighted by Crippen LogP contribution is 2.31. The molecule has 2 amide bonds. The summed E-state index contributed by atoms with van der Waals surface area (Å²) in [6.07, 6.45) is -1.47. The lowest BCUT2D eigenvalue weighted by atomic mass is 10.2. The van der Waals surface area contributed by atoms with Gasteiger partial charge in [-0.1, -0.05) is 60.7 Å². The number of rotatable bonds is 8. The van der Waals surface area contributed by atoms with Crippen LogP contribution < -0.4 is 10.2 Å². The van der Waals surface area contributed by atoms with Gasteiger partial charge in [0.15, 0.2) is 0 Å². The molecule has 0 spiro atoms. The summed E-state index contributed by atoms with van der Waals surface area (Å²) in [4.78, 5) is 37.1. The van der Waals surface area contributed by atoms with E-state index in [-0.39, 0.29) is 36.8 Å². The Labute approximate surface area is 190 Å². The van der Waals surface area contributed by atoms with E-state index in [2.05, 4.69) is 5.32 Å². The van der Waals surface area contributed by atoms with Crippen LogP contribution in [0, 0.1) is 10.1 Å². The van der Waals surface area contributed by atoms with Gasteiger partial charge in [0.2, 0.25) is 0 Å². The Balaban J connectivity index is 1.89. The van der Waals surface area contributed by atoms with Crippen molar-refractivity contribution < 1.29 is 24.0 Å². The number of nitrogens with one attached hydrogen (secondary N) is 1. The molecule has 9 heteroatoms. The van der Waals surface area contributed by atoms with Crippen molar-refractivity contribution in [1.29, 1.82) is 0 Å². The van der Waals surface area contributed by atoms with Gasteiger partial charge in [-0.2, -0.15) is 0 Å². The molecule has 3 aromatic rings. The van der Waals surface area contributed by atoms with E-state index in [9.17, 15) is 19.7 Å². The van der Waals surface area contributed by atoms with E-state index in [1.165, 1.54) is 23.1 Å². The Morgan fingerprint density at radius 2 is 1.58 bits per heavy atom. The molecule has 0 unspecified atom stereocenters. The van der Waals surface area contributed by atoms with Crippen LogP contribution in [0.1, 0.15) is 18.1 Å². The molecule has 170 valence electrons. The number of benzene rings is 3. The average molecular weight is 449 g/mol. The van der Waals surface area contributed by atoms with Crippen LogP contribution in [0.4, 0.5) is 26.7 Å². The maximum atomic E-state index is 13.0. The number of hydrogen-bond donors (Lipinski definition) is 1. The van der Waals surface area contributed by atoms with Gasteiger partial charge in [-0.05, 0) is 30.2 Å². The standard InChI is InChI=1S/C24H23N3O6/c1-2-32-23(28)25-21-14-13-20(15-22(21)27(30)31)26(16-18-9-5-3-6-10-18)24(29)33-17-19-11-7-4-8-12-19/h3-15H,2,16-17H2,1H3,(H,25,28). The van der Waals surface area contributed by atoms with E-state index in [4.69, 9.17) is 9.47 Å². The van der Waals surface area contributed by atoms with Gasteiger partial charge in [-0.3, -0.25) is 20.3 Å². The van der Waals surface area contributed by atoms with Gasteiger partial charge in [0.05, 0.1) is 23.8 Å². The van der Waals surface area contributed by atoms with E-state index in [1.807, 2.05) is 60.7 Å². The van der Waals surface area contributed by atoms with E-state index in [0.29, 0.717) is 0 Å². The third-order valence-corrected chi connectivity index (χ3v) is 4.61. The van der Waals surface area contributed by atoms with Crippen molar-refractivity contribution in [1.82, 2.24) is 0 Å². The SMILES string of the molecule is CCOC(=O)Nc1ccc(N(Cc2ccccc2)C(=O)OCc2ccccc2)cc1[N+](=O)[O-]. The molecule has 0 fully saturated rings. The summed E-state index contributed by atoms with van der Waals surface area (Å²) in [6.45, 7) is 1.93. The van der Waals surface area contributed by atoms with Crippen molar-refractivity contribution in [2.45, 2.75) is 20.1 Å². The van der Waals surface area contributed by atoms with E-state index in [1.54, 1.807) is 6.92 Å². The first kappa shape index (κ1) is 23.3. The minimum atomic E-state index is -0.809. The van der Waals surface area contributed by atoms with Crippen LogP contribution in [-0.4, -0.2) is 23.7 Å². The molecule has 0 aromatic heterocycles. The predicted octanol–water partition coefficient (Wildman–Crippen LogP) is 5.51. The summed E-state index contributed by atoms with van der Waals surface area (Å²) in [6, 6.07) is 22.4. The maximum absolute atomic E-state index is 13.0. The number of nitrogens with zero attached hydrogens (tertiary/aromatic N) is 2. The zero-order valence-electron chi connectivity index (χ0n) is 18.0. The average Bonchev–Trinajstić information content (AvgIpc) is 2.82. The number of nitro benzene ring substituents is 1. The van der Waals surface area contributed by atoms with Gasteiger partial charge in [0, 0.05) is 6.07 Å². The van der Waals surface area contributed by atoms with Gasteiger partial charge in [-0.15, -0.1) is 0 Å². The second-order valence-electron chi connectivity index (χ2n) is 6.92. The summed E-state index contributed by atoms with van der Waals surface area (Å²) < 4.78 is 10.3. The minimum absolute atomic E-state index is 0.0421. The van der Waals surface area contributed by atoms with Crippen molar-refractivity contribution in [3.63, 3.8) is 0 Å². The van der Waals surface area contributed by atoms with Gasteiger partial charge in [0.25, 0.3) is 5.69 Å². The number of anilines is 2. The highest BCUT2D eigenvalue weighted by molar-refractivity contribution is 5.92. The van der Waals surface area contributed by atoms with Crippen LogP contribution in [0.15, 0.2) is 78.9 Å². The molecule has 0 aliphatic heterocycles. The third kappa shape index (κ3) is 6.54. The highest BCUT2D eigenvalue weighted by atomic mass is 16.6. The van der Waals surface area contributed by atoms with Crippen LogP contribution in [0.3, 0.4) is 0 Å². The fourth-order valence-corrected chi connectivity index (χ4v) is 3.05. The number of carbonyl (C=O) groups is 2. The number of ether oxygens (including phenoxy) is 2. The smallest absolute Gasteiger partial charge is 0.414 e. The Morgan fingerprint density at radius 3 is 2.18 bits per heavy atom. The summed E-state index contributed by atoms with van der Waals surface area (Å²) >= 11 is 0. The summed E-state index contributed by atoms with van der Waals surface area (Å²) in [5.41, 5.74) is 1.45. The van der Waals surface area contributed by atoms with Crippen LogP contribution in [-0.2, 0) is 22.6 Å². The van der Waals surface area contributed by atoms with Gasteiger partial charge >= 0.3 is 12.2 Å². The van der Waals surface area contributed by atoms with Crippen molar-refractivity contribution in [3.05, 3.63) is 100 Å². The molecule has 0 bridgehead atoms. The monoisotopic (exact) mass is 449 g/mol. The maximum Gasteiger partial charge on any atom is 0.414 e. The second kappa shape index (κ2) is 11.3. The van der Waals surface area contributed by atoms with Gasteiger partial charge in [-0.25, -0.2) is 9.59 Å². The molecule has 3 rings (SSSR count). The van der Waals surface area contributed by atoms with E-state index < -0.39 is 17.1 Å².